The van der Waals surface area contributed by atoms with Gasteiger partial charge in [0, 0.05) is 18.8 Å². The predicted octanol–water partition coefficient (Wildman–Crippen LogP) is 3.10. The molecule has 0 spiro atoms. The Bertz CT molecular complexity index is 166. The van der Waals surface area contributed by atoms with E-state index >= 15 is 0 Å². The number of nitrogens with two attached hydrogens (primary N) is 1. The zero-order valence-electron chi connectivity index (χ0n) is 10.4. The zero-order chi connectivity index (χ0) is 11.1. The van der Waals surface area contributed by atoms with Crippen LogP contribution in [0.1, 0.15) is 58.8 Å². The van der Waals surface area contributed by atoms with Crippen LogP contribution in [0.5, 0.6) is 0 Å². The van der Waals surface area contributed by atoms with Crippen molar-refractivity contribution < 1.29 is 4.74 Å². The summed E-state index contributed by atoms with van der Waals surface area (Å²) in [4.78, 5) is 0. The van der Waals surface area contributed by atoms with Gasteiger partial charge in [-0.2, -0.15) is 0 Å². The summed E-state index contributed by atoms with van der Waals surface area (Å²) < 4.78 is 5.39. The molecular weight excluding hydrogens is 186 g/mol. The van der Waals surface area contributed by atoms with Crippen LogP contribution in [-0.2, 0) is 4.74 Å². The van der Waals surface area contributed by atoms with E-state index in [1.165, 1.54) is 38.5 Å². The molecule has 1 atom stereocenters. The quantitative estimate of drug-likeness (QED) is 0.736. The van der Waals surface area contributed by atoms with Gasteiger partial charge in [0.15, 0.2) is 0 Å². The van der Waals surface area contributed by atoms with E-state index in [-0.39, 0.29) is 5.54 Å². The molecule has 2 heteroatoms. The Hall–Kier alpha value is -0.0800. The van der Waals surface area contributed by atoms with Gasteiger partial charge >= 0.3 is 0 Å². The minimum absolute atomic E-state index is 0.0953. The summed E-state index contributed by atoms with van der Waals surface area (Å²) in [7, 11) is 0. The molecule has 0 radical (unpaired) electrons. The number of rotatable bonds is 6. The highest BCUT2D eigenvalue weighted by Gasteiger charge is 2.27. The SMILES string of the molecule is CCCCC(N)(CC)CC1CCOCC1. The van der Waals surface area contributed by atoms with Crippen LogP contribution < -0.4 is 5.73 Å². The molecule has 1 fully saturated rings. The molecule has 1 aliphatic rings. The summed E-state index contributed by atoms with van der Waals surface area (Å²) in [6.45, 7) is 6.36. The minimum Gasteiger partial charge on any atom is -0.381 e. The Kier molecular flexibility index (Phi) is 5.62. The monoisotopic (exact) mass is 213 g/mol. The molecule has 1 saturated heterocycles. The highest BCUT2D eigenvalue weighted by molar-refractivity contribution is 4.85. The molecule has 1 unspecified atom stereocenters. The summed E-state index contributed by atoms with van der Waals surface area (Å²) in [5.74, 6) is 0.806. The fourth-order valence-electron chi connectivity index (χ4n) is 2.48. The molecule has 2 N–H and O–H groups in total. The van der Waals surface area contributed by atoms with Gasteiger partial charge in [-0.1, -0.05) is 26.7 Å². The fourth-order valence-corrected chi connectivity index (χ4v) is 2.48. The van der Waals surface area contributed by atoms with Crippen LogP contribution in [0.25, 0.3) is 0 Å². The first-order valence-electron chi connectivity index (χ1n) is 6.57. The molecular formula is C13H27NO. The molecule has 0 bridgehead atoms. The van der Waals surface area contributed by atoms with E-state index in [0.29, 0.717) is 0 Å². The first-order chi connectivity index (χ1) is 7.20. The molecule has 0 amide bonds. The molecule has 90 valence electrons. The topological polar surface area (TPSA) is 35.2 Å². The second kappa shape index (κ2) is 6.49. The Morgan fingerprint density at radius 1 is 1.27 bits per heavy atom. The lowest BCUT2D eigenvalue weighted by atomic mass is 9.79. The second-order valence-corrected chi connectivity index (χ2v) is 5.08. The predicted molar refractivity (Wildman–Crippen MR) is 64.9 cm³/mol. The average molecular weight is 213 g/mol. The summed E-state index contributed by atoms with van der Waals surface area (Å²) in [5.41, 5.74) is 6.57. The summed E-state index contributed by atoms with van der Waals surface area (Å²) in [5, 5.41) is 0. The van der Waals surface area contributed by atoms with Gasteiger partial charge in [-0.3, -0.25) is 0 Å². The number of hydrogen-bond acceptors (Lipinski definition) is 2. The molecule has 0 aromatic carbocycles. The van der Waals surface area contributed by atoms with Gasteiger partial charge in [0.1, 0.15) is 0 Å². The minimum atomic E-state index is 0.0953. The molecule has 2 nitrogen and oxygen atoms in total. The maximum absolute atomic E-state index is 6.47. The number of ether oxygens (including phenoxy) is 1. The van der Waals surface area contributed by atoms with Gasteiger partial charge in [0.05, 0.1) is 0 Å². The standard InChI is InChI=1S/C13H27NO/c1-3-5-8-13(14,4-2)11-12-6-9-15-10-7-12/h12H,3-11,14H2,1-2H3. The van der Waals surface area contributed by atoms with Crippen LogP contribution in [-0.4, -0.2) is 18.8 Å². The first-order valence-corrected chi connectivity index (χ1v) is 6.57. The third-order valence-electron chi connectivity index (χ3n) is 3.77. The van der Waals surface area contributed by atoms with Gasteiger partial charge in [-0.05, 0) is 38.0 Å². The van der Waals surface area contributed by atoms with Gasteiger partial charge in [0.25, 0.3) is 0 Å². The smallest absolute Gasteiger partial charge is 0.0468 e. The average Bonchev–Trinajstić information content (AvgIpc) is 2.28. The normalized spacial score (nSPS) is 22.6. The van der Waals surface area contributed by atoms with Crippen molar-refractivity contribution in [2.45, 2.75) is 64.3 Å². The van der Waals surface area contributed by atoms with Crippen molar-refractivity contribution in [1.82, 2.24) is 0 Å². The molecule has 0 aromatic rings. The van der Waals surface area contributed by atoms with Gasteiger partial charge < -0.3 is 10.5 Å². The molecule has 0 saturated carbocycles. The largest absolute Gasteiger partial charge is 0.381 e. The summed E-state index contributed by atoms with van der Waals surface area (Å²) in [6.07, 6.45) is 8.46. The molecule has 1 heterocycles. The third kappa shape index (κ3) is 4.52. The van der Waals surface area contributed by atoms with E-state index in [4.69, 9.17) is 10.5 Å². The van der Waals surface area contributed by atoms with E-state index in [1.54, 1.807) is 0 Å². The lowest BCUT2D eigenvalue weighted by Gasteiger charge is -2.34. The highest BCUT2D eigenvalue weighted by atomic mass is 16.5. The third-order valence-corrected chi connectivity index (χ3v) is 3.77. The lowest BCUT2D eigenvalue weighted by Crippen LogP contribution is -2.41. The lowest BCUT2D eigenvalue weighted by molar-refractivity contribution is 0.0548. The van der Waals surface area contributed by atoms with Crippen molar-refractivity contribution in [2.24, 2.45) is 11.7 Å². The highest BCUT2D eigenvalue weighted by Crippen LogP contribution is 2.29. The molecule has 0 aromatic heterocycles. The van der Waals surface area contributed by atoms with Crippen LogP contribution in [0.4, 0.5) is 0 Å². The van der Waals surface area contributed by atoms with Crippen LogP contribution in [0.3, 0.4) is 0 Å². The summed E-state index contributed by atoms with van der Waals surface area (Å²) >= 11 is 0. The van der Waals surface area contributed by atoms with E-state index < -0.39 is 0 Å². The second-order valence-electron chi connectivity index (χ2n) is 5.08. The molecule has 1 rings (SSSR count). The number of unbranched alkanes of at least 4 members (excludes halogenated alkanes) is 1. The Morgan fingerprint density at radius 3 is 2.47 bits per heavy atom. The maximum atomic E-state index is 6.47. The molecule has 1 aliphatic heterocycles. The van der Waals surface area contributed by atoms with E-state index in [1.807, 2.05) is 0 Å². The van der Waals surface area contributed by atoms with Crippen molar-refractivity contribution in [3.8, 4) is 0 Å². The van der Waals surface area contributed by atoms with E-state index in [0.717, 1.165) is 25.6 Å². The molecule has 15 heavy (non-hydrogen) atoms. The van der Waals surface area contributed by atoms with Gasteiger partial charge in [0.2, 0.25) is 0 Å². The maximum Gasteiger partial charge on any atom is 0.0468 e. The van der Waals surface area contributed by atoms with Crippen molar-refractivity contribution >= 4 is 0 Å². The van der Waals surface area contributed by atoms with Crippen LogP contribution >= 0.6 is 0 Å². The van der Waals surface area contributed by atoms with Crippen molar-refractivity contribution in [3.63, 3.8) is 0 Å². The molecule has 0 aliphatic carbocycles. The van der Waals surface area contributed by atoms with E-state index in [9.17, 15) is 0 Å². The fraction of sp³-hybridized carbons (Fsp3) is 1.00. The first kappa shape index (κ1) is 13.0. The van der Waals surface area contributed by atoms with Crippen molar-refractivity contribution in [3.05, 3.63) is 0 Å². The Labute approximate surface area is 94.6 Å². The van der Waals surface area contributed by atoms with Crippen LogP contribution in [0.15, 0.2) is 0 Å². The van der Waals surface area contributed by atoms with Gasteiger partial charge in [-0.15, -0.1) is 0 Å². The van der Waals surface area contributed by atoms with Crippen molar-refractivity contribution in [1.29, 1.82) is 0 Å². The number of hydrogen-bond donors (Lipinski definition) is 1. The van der Waals surface area contributed by atoms with Crippen LogP contribution in [0.2, 0.25) is 0 Å². The summed E-state index contributed by atoms with van der Waals surface area (Å²) in [6, 6.07) is 0. The van der Waals surface area contributed by atoms with Crippen LogP contribution in [0, 0.1) is 5.92 Å². The Balaban J connectivity index is 2.35. The Morgan fingerprint density at radius 2 is 1.93 bits per heavy atom. The van der Waals surface area contributed by atoms with E-state index in [2.05, 4.69) is 13.8 Å². The zero-order valence-corrected chi connectivity index (χ0v) is 10.4. The van der Waals surface area contributed by atoms with Crippen molar-refractivity contribution in [2.75, 3.05) is 13.2 Å². The van der Waals surface area contributed by atoms with Gasteiger partial charge in [-0.25, -0.2) is 0 Å².